The van der Waals surface area contributed by atoms with E-state index in [-0.39, 0.29) is 5.75 Å². The third-order valence-corrected chi connectivity index (χ3v) is 3.33. The van der Waals surface area contributed by atoms with Crippen LogP contribution < -0.4 is 5.14 Å². The maximum absolute atomic E-state index is 10.6. The van der Waals surface area contributed by atoms with E-state index in [9.17, 15) is 8.42 Å². The molecule has 0 amide bonds. The summed E-state index contributed by atoms with van der Waals surface area (Å²) in [6.07, 6.45) is 3.33. The fourth-order valence-corrected chi connectivity index (χ4v) is 2.52. The smallest absolute Gasteiger partial charge is 0.209 e. The van der Waals surface area contributed by atoms with Crippen LogP contribution in [0, 0.1) is 0 Å². The van der Waals surface area contributed by atoms with Crippen LogP contribution in [0.15, 0.2) is 29.4 Å². The monoisotopic (exact) mass is 218 g/mol. The number of hydrogen-bond donors (Lipinski definition) is 1. The van der Waals surface area contributed by atoms with Crippen molar-refractivity contribution in [2.75, 3.05) is 11.5 Å². The summed E-state index contributed by atoms with van der Waals surface area (Å²) in [5.74, 6) is 0.475. The molecule has 6 heteroatoms. The van der Waals surface area contributed by atoms with Crippen LogP contribution in [0.2, 0.25) is 0 Å². The molecule has 2 N–H and O–H groups in total. The average Bonchev–Trinajstić information content (AvgIpc) is 2.04. The molecule has 0 unspecified atom stereocenters. The van der Waals surface area contributed by atoms with Crippen molar-refractivity contribution >= 4 is 21.8 Å². The summed E-state index contributed by atoms with van der Waals surface area (Å²) < 4.78 is 21.1. The third-order valence-electron chi connectivity index (χ3n) is 1.29. The number of hydrogen-bond acceptors (Lipinski definition) is 4. The maximum atomic E-state index is 10.6. The molecule has 0 bridgehead atoms. The van der Waals surface area contributed by atoms with Crippen LogP contribution in [0.4, 0.5) is 0 Å². The molecule has 0 aromatic carbocycles. The number of pyridine rings is 1. The molecule has 0 fully saturated rings. The molecular weight excluding hydrogens is 208 g/mol. The second kappa shape index (κ2) is 4.59. The topological polar surface area (TPSA) is 73.1 Å². The SMILES string of the molecule is NS(=O)(=O)CCSc1ccncc1. The van der Waals surface area contributed by atoms with E-state index >= 15 is 0 Å². The Morgan fingerprint density at radius 2 is 2.00 bits per heavy atom. The molecule has 1 aromatic rings. The number of rotatable bonds is 4. The molecule has 1 aromatic heterocycles. The van der Waals surface area contributed by atoms with Gasteiger partial charge in [0.15, 0.2) is 0 Å². The molecule has 0 radical (unpaired) electrons. The minimum atomic E-state index is -3.33. The molecule has 1 heterocycles. The highest BCUT2D eigenvalue weighted by molar-refractivity contribution is 8.00. The molecular formula is C7H10N2O2S2. The summed E-state index contributed by atoms with van der Waals surface area (Å²) in [4.78, 5) is 4.84. The quantitative estimate of drug-likeness (QED) is 0.745. The van der Waals surface area contributed by atoms with Gasteiger partial charge in [0.25, 0.3) is 0 Å². The van der Waals surface area contributed by atoms with Gasteiger partial charge in [0.1, 0.15) is 0 Å². The summed E-state index contributed by atoms with van der Waals surface area (Å²) in [5, 5.41) is 4.85. The number of aromatic nitrogens is 1. The van der Waals surface area contributed by atoms with Crippen molar-refractivity contribution in [3.8, 4) is 0 Å². The van der Waals surface area contributed by atoms with E-state index in [1.807, 2.05) is 12.1 Å². The minimum absolute atomic E-state index is 0.0000104. The Kier molecular flexibility index (Phi) is 3.71. The maximum Gasteiger partial charge on any atom is 0.209 e. The highest BCUT2D eigenvalue weighted by Gasteiger charge is 2.02. The molecule has 0 spiro atoms. The van der Waals surface area contributed by atoms with E-state index in [2.05, 4.69) is 4.98 Å². The van der Waals surface area contributed by atoms with Gasteiger partial charge >= 0.3 is 0 Å². The van der Waals surface area contributed by atoms with E-state index in [0.717, 1.165) is 4.90 Å². The lowest BCUT2D eigenvalue weighted by Gasteiger charge is -1.98. The lowest BCUT2D eigenvalue weighted by molar-refractivity contribution is 0.599. The first kappa shape index (κ1) is 10.5. The van der Waals surface area contributed by atoms with Crippen LogP contribution in [0.5, 0.6) is 0 Å². The Hall–Kier alpha value is -0.590. The van der Waals surface area contributed by atoms with Crippen molar-refractivity contribution in [3.05, 3.63) is 24.5 Å². The van der Waals surface area contributed by atoms with E-state index < -0.39 is 10.0 Å². The Bertz CT molecular complexity index is 350. The van der Waals surface area contributed by atoms with Crippen LogP contribution in [0.25, 0.3) is 0 Å². The van der Waals surface area contributed by atoms with Crippen LogP contribution >= 0.6 is 11.8 Å². The highest BCUT2D eigenvalue weighted by atomic mass is 32.2. The standard InChI is InChI=1S/C7H10N2O2S2/c8-13(10,11)6-5-12-7-1-3-9-4-2-7/h1-4H,5-6H2,(H2,8,10,11). The van der Waals surface area contributed by atoms with Gasteiger partial charge in [0.05, 0.1) is 5.75 Å². The number of thioether (sulfide) groups is 1. The van der Waals surface area contributed by atoms with Crippen LogP contribution in [0.1, 0.15) is 0 Å². The normalized spacial score (nSPS) is 11.5. The summed E-state index contributed by atoms with van der Waals surface area (Å²) in [6.45, 7) is 0. The number of sulfonamides is 1. The van der Waals surface area contributed by atoms with Crippen LogP contribution in [-0.2, 0) is 10.0 Å². The zero-order valence-electron chi connectivity index (χ0n) is 6.88. The van der Waals surface area contributed by atoms with Gasteiger partial charge in [-0.25, -0.2) is 13.6 Å². The van der Waals surface area contributed by atoms with Gasteiger partial charge in [-0.05, 0) is 12.1 Å². The minimum Gasteiger partial charge on any atom is -0.265 e. The van der Waals surface area contributed by atoms with E-state index in [1.165, 1.54) is 11.8 Å². The predicted octanol–water partition coefficient (Wildman–Crippen LogP) is 0.462. The highest BCUT2D eigenvalue weighted by Crippen LogP contribution is 2.15. The lowest BCUT2D eigenvalue weighted by atomic mass is 10.5. The third kappa shape index (κ3) is 4.87. The van der Waals surface area contributed by atoms with Crippen LogP contribution in [-0.4, -0.2) is 24.9 Å². The summed E-state index contributed by atoms with van der Waals surface area (Å²) in [7, 11) is -3.33. The Morgan fingerprint density at radius 1 is 1.38 bits per heavy atom. The van der Waals surface area contributed by atoms with Crippen molar-refractivity contribution in [1.82, 2.24) is 4.98 Å². The molecule has 0 aliphatic rings. The lowest BCUT2D eigenvalue weighted by Crippen LogP contribution is -2.17. The summed E-state index contributed by atoms with van der Waals surface area (Å²) >= 11 is 1.45. The molecule has 0 saturated carbocycles. The first-order chi connectivity index (χ1) is 6.08. The van der Waals surface area contributed by atoms with Gasteiger partial charge in [0.2, 0.25) is 10.0 Å². The second-order valence-electron chi connectivity index (χ2n) is 2.40. The van der Waals surface area contributed by atoms with Crippen molar-refractivity contribution in [2.24, 2.45) is 5.14 Å². The number of nitrogens with two attached hydrogens (primary N) is 1. The van der Waals surface area contributed by atoms with Crippen molar-refractivity contribution in [3.63, 3.8) is 0 Å². The average molecular weight is 218 g/mol. The van der Waals surface area contributed by atoms with Gasteiger partial charge in [-0.15, -0.1) is 11.8 Å². The Morgan fingerprint density at radius 3 is 2.54 bits per heavy atom. The zero-order chi connectivity index (χ0) is 9.73. The second-order valence-corrected chi connectivity index (χ2v) is 5.30. The van der Waals surface area contributed by atoms with Gasteiger partial charge in [0, 0.05) is 23.0 Å². The molecule has 0 aliphatic heterocycles. The number of nitrogens with zero attached hydrogens (tertiary/aromatic N) is 1. The largest absolute Gasteiger partial charge is 0.265 e. The fourth-order valence-electron chi connectivity index (χ4n) is 0.710. The molecule has 4 nitrogen and oxygen atoms in total. The molecule has 1 rings (SSSR count). The van der Waals surface area contributed by atoms with E-state index in [1.54, 1.807) is 12.4 Å². The Labute approximate surface area is 81.6 Å². The molecule has 0 atom stereocenters. The van der Waals surface area contributed by atoms with Crippen LogP contribution in [0.3, 0.4) is 0 Å². The summed E-state index contributed by atoms with van der Waals surface area (Å²) in [5.41, 5.74) is 0. The summed E-state index contributed by atoms with van der Waals surface area (Å²) in [6, 6.07) is 3.65. The Balaban J connectivity index is 2.37. The molecule has 72 valence electrons. The first-order valence-corrected chi connectivity index (χ1v) is 6.31. The number of primary sulfonamides is 1. The van der Waals surface area contributed by atoms with E-state index in [0.29, 0.717) is 5.75 Å². The van der Waals surface area contributed by atoms with Gasteiger partial charge in [-0.2, -0.15) is 0 Å². The van der Waals surface area contributed by atoms with Crippen molar-refractivity contribution < 1.29 is 8.42 Å². The van der Waals surface area contributed by atoms with E-state index in [4.69, 9.17) is 5.14 Å². The first-order valence-electron chi connectivity index (χ1n) is 3.61. The molecule has 0 aliphatic carbocycles. The van der Waals surface area contributed by atoms with Gasteiger partial charge in [-0.3, -0.25) is 4.98 Å². The molecule has 13 heavy (non-hydrogen) atoms. The van der Waals surface area contributed by atoms with Gasteiger partial charge < -0.3 is 0 Å². The van der Waals surface area contributed by atoms with Crippen molar-refractivity contribution in [2.45, 2.75) is 4.90 Å². The zero-order valence-corrected chi connectivity index (χ0v) is 8.51. The predicted molar refractivity (Wildman–Crippen MR) is 52.9 cm³/mol. The van der Waals surface area contributed by atoms with Gasteiger partial charge in [-0.1, -0.05) is 0 Å². The fraction of sp³-hybridized carbons (Fsp3) is 0.286. The van der Waals surface area contributed by atoms with Crippen molar-refractivity contribution in [1.29, 1.82) is 0 Å². The molecule has 0 saturated heterocycles.